The highest BCUT2D eigenvalue weighted by Crippen LogP contribution is 2.34. The second-order valence-corrected chi connectivity index (χ2v) is 6.52. The van der Waals surface area contributed by atoms with Crippen LogP contribution in [0.5, 0.6) is 0 Å². The van der Waals surface area contributed by atoms with Gasteiger partial charge in [0.1, 0.15) is 0 Å². The summed E-state index contributed by atoms with van der Waals surface area (Å²) < 4.78 is 0. The first kappa shape index (κ1) is 14.5. The molecule has 1 aromatic heterocycles. The van der Waals surface area contributed by atoms with E-state index in [2.05, 4.69) is 29.3 Å². The molecule has 1 aliphatic heterocycles. The number of carbonyl (C=O) groups is 1. The number of hydrogen-bond acceptors (Lipinski definition) is 4. The maximum atomic E-state index is 11.5. The molecule has 1 saturated heterocycles. The summed E-state index contributed by atoms with van der Waals surface area (Å²) in [5.41, 5.74) is 11.7. The van der Waals surface area contributed by atoms with Gasteiger partial charge in [-0.1, -0.05) is 6.07 Å². The summed E-state index contributed by atoms with van der Waals surface area (Å²) in [6.45, 7) is 4.96. The molecule has 1 fully saturated rings. The quantitative estimate of drug-likeness (QED) is 0.882. The molecule has 0 aromatic carbocycles. The highest BCUT2D eigenvalue weighted by atomic mass is 32.1. The molecule has 5 heteroatoms. The highest BCUT2D eigenvalue weighted by Gasteiger charge is 2.35. The van der Waals surface area contributed by atoms with Crippen LogP contribution >= 0.6 is 11.3 Å². The van der Waals surface area contributed by atoms with Gasteiger partial charge in [-0.15, -0.1) is 11.3 Å². The number of piperidine rings is 1. The average Bonchev–Trinajstić information content (AvgIpc) is 2.84. The van der Waals surface area contributed by atoms with Crippen LogP contribution in [0.25, 0.3) is 0 Å². The second kappa shape index (κ2) is 6.03. The van der Waals surface area contributed by atoms with Crippen molar-refractivity contribution in [1.82, 2.24) is 4.90 Å². The molecule has 0 radical (unpaired) electrons. The first-order valence-corrected chi connectivity index (χ1v) is 7.72. The van der Waals surface area contributed by atoms with Gasteiger partial charge in [0.05, 0.1) is 12.0 Å². The number of nitrogens with two attached hydrogens (primary N) is 2. The van der Waals surface area contributed by atoms with E-state index < -0.39 is 0 Å². The molecule has 4 N–H and O–H groups in total. The summed E-state index contributed by atoms with van der Waals surface area (Å²) in [5.74, 6) is -0.232. The Kier molecular flexibility index (Phi) is 4.60. The summed E-state index contributed by atoms with van der Waals surface area (Å²) in [7, 11) is 0. The van der Waals surface area contributed by atoms with Crippen molar-refractivity contribution in [1.29, 1.82) is 0 Å². The molecule has 19 heavy (non-hydrogen) atoms. The van der Waals surface area contributed by atoms with Crippen LogP contribution in [0.2, 0.25) is 0 Å². The van der Waals surface area contributed by atoms with Crippen molar-refractivity contribution in [3.63, 3.8) is 0 Å². The van der Waals surface area contributed by atoms with E-state index >= 15 is 0 Å². The lowest BCUT2D eigenvalue weighted by Gasteiger charge is -2.43. The summed E-state index contributed by atoms with van der Waals surface area (Å²) in [5, 5.41) is 2.07. The van der Waals surface area contributed by atoms with E-state index in [4.69, 9.17) is 11.5 Å². The molecule has 0 aliphatic carbocycles. The number of rotatable bonds is 4. The maximum Gasteiger partial charge on any atom is 0.221 e. The van der Waals surface area contributed by atoms with E-state index in [1.165, 1.54) is 4.88 Å². The van der Waals surface area contributed by atoms with Crippen LogP contribution in [0.15, 0.2) is 17.5 Å². The van der Waals surface area contributed by atoms with Gasteiger partial charge in [0.2, 0.25) is 5.91 Å². The molecule has 4 nitrogen and oxygen atoms in total. The second-order valence-electron chi connectivity index (χ2n) is 5.54. The number of hydrogen-bond donors (Lipinski definition) is 2. The zero-order valence-electron chi connectivity index (χ0n) is 11.6. The first-order chi connectivity index (χ1) is 9.00. The third-order valence-electron chi connectivity index (χ3n) is 4.02. The molecule has 2 rings (SSSR count). The number of likely N-dealkylation sites (tertiary alicyclic amines) is 1. The molecular weight excluding hydrogens is 258 g/mol. The van der Waals surface area contributed by atoms with Crippen LogP contribution in [0.1, 0.15) is 37.6 Å². The van der Waals surface area contributed by atoms with E-state index in [-0.39, 0.29) is 23.9 Å². The van der Waals surface area contributed by atoms with Crippen molar-refractivity contribution in [2.45, 2.75) is 44.8 Å². The Morgan fingerprint density at radius 3 is 2.79 bits per heavy atom. The Hall–Kier alpha value is -0.910. The van der Waals surface area contributed by atoms with Crippen molar-refractivity contribution in [2.75, 3.05) is 6.54 Å². The molecule has 1 aromatic rings. The fraction of sp³-hybridized carbons (Fsp3) is 0.643. The van der Waals surface area contributed by atoms with Gasteiger partial charge in [0.25, 0.3) is 0 Å². The molecule has 1 amide bonds. The lowest BCUT2D eigenvalue weighted by molar-refractivity contribution is -0.124. The molecule has 2 heterocycles. The van der Waals surface area contributed by atoms with Crippen molar-refractivity contribution >= 4 is 17.2 Å². The smallest absolute Gasteiger partial charge is 0.221 e. The van der Waals surface area contributed by atoms with E-state index in [1.807, 2.05) is 6.92 Å². The summed E-state index contributed by atoms with van der Waals surface area (Å²) in [6, 6.07) is 4.83. The van der Waals surface area contributed by atoms with Gasteiger partial charge in [0.15, 0.2) is 0 Å². The van der Waals surface area contributed by atoms with Gasteiger partial charge >= 0.3 is 0 Å². The summed E-state index contributed by atoms with van der Waals surface area (Å²) in [4.78, 5) is 15.1. The fourth-order valence-corrected chi connectivity index (χ4v) is 3.90. The number of thiophene rings is 1. The van der Waals surface area contributed by atoms with Gasteiger partial charge in [-0.05, 0) is 38.1 Å². The van der Waals surface area contributed by atoms with E-state index in [1.54, 1.807) is 11.3 Å². The molecule has 4 unspecified atom stereocenters. The monoisotopic (exact) mass is 281 g/mol. The van der Waals surface area contributed by atoms with Gasteiger partial charge in [-0.2, -0.15) is 0 Å². The van der Waals surface area contributed by atoms with Crippen LogP contribution < -0.4 is 11.5 Å². The molecule has 106 valence electrons. The third-order valence-corrected chi connectivity index (χ3v) is 4.97. The Balaban J connectivity index is 2.22. The summed E-state index contributed by atoms with van der Waals surface area (Å²) >= 11 is 1.73. The van der Waals surface area contributed by atoms with Crippen molar-refractivity contribution in [2.24, 2.45) is 17.4 Å². The van der Waals surface area contributed by atoms with Gasteiger partial charge < -0.3 is 11.5 Å². The minimum Gasteiger partial charge on any atom is -0.369 e. The zero-order chi connectivity index (χ0) is 14.0. The third kappa shape index (κ3) is 3.16. The van der Waals surface area contributed by atoms with Gasteiger partial charge in [-0.3, -0.25) is 9.69 Å². The number of primary amides is 1. The Morgan fingerprint density at radius 1 is 1.53 bits per heavy atom. The van der Waals surface area contributed by atoms with Crippen LogP contribution in [-0.4, -0.2) is 29.4 Å². The van der Waals surface area contributed by atoms with E-state index in [0.717, 1.165) is 19.4 Å². The predicted octanol–water partition coefficient (Wildman–Crippen LogP) is 1.72. The molecular formula is C14H23N3OS. The normalized spacial score (nSPS) is 27.9. The first-order valence-electron chi connectivity index (χ1n) is 6.84. The number of amides is 1. The van der Waals surface area contributed by atoms with Crippen molar-refractivity contribution < 1.29 is 4.79 Å². The Morgan fingerprint density at radius 2 is 2.26 bits per heavy atom. The molecule has 0 bridgehead atoms. The lowest BCUT2D eigenvalue weighted by Crippen LogP contribution is -2.50. The van der Waals surface area contributed by atoms with Crippen molar-refractivity contribution in [3.8, 4) is 0 Å². The minimum atomic E-state index is -0.188. The largest absolute Gasteiger partial charge is 0.369 e. The Bertz CT molecular complexity index is 418. The SMILES string of the molecule is CC(N)C(c1cccs1)N1CC(C(N)=O)CCC1C. The fourth-order valence-electron chi connectivity index (χ4n) is 2.94. The number of nitrogens with zero attached hydrogens (tertiary/aromatic N) is 1. The van der Waals surface area contributed by atoms with Gasteiger partial charge in [0, 0.05) is 23.5 Å². The van der Waals surface area contributed by atoms with Crippen LogP contribution in [0, 0.1) is 5.92 Å². The van der Waals surface area contributed by atoms with Crippen LogP contribution in [0.3, 0.4) is 0 Å². The molecule has 0 saturated carbocycles. The van der Waals surface area contributed by atoms with E-state index in [9.17, 15) is 4.79 Å². The minimum absolute atomic E-state index is 0.0349. The molecule has 0 spiro atoms. The van der Waals surface area contributed by atoms with Crippen LogP contribution in [-0.2, 0) is 4.79 Å². The zero-order valence-corrected chi connectivity index (χ0v) is 12.4. The maximum absolute atomic E-state index is 11.5. The molecule has 1 aliphatic rings. The van der Waals surface area contributed by atoms with Gasteiger partial charge in [-0.25, -0.2) is 0 Å². The highest BCUT2D eigenvalue weighted by molar-refractivity contribution is 7.10. The predicted molar refractivity (Wildman–Crippen MR) is 78.8 cm³/mol. The topological polar surface area (TPSA) is 72.3 Å². The van der Waals surface area contributed by atoms with Crippen LogP contribution in [0.4, 0.5) is 0 Å². The summed E-state index contributed by atoms with van der Waals surface area (Å²) in [6.07, 6.45) is 1.89. The number of carbonyl (C=O) groups excluding carboxylic acids is 1. The Labute approximate surface area is 118 Å². The van der Waals surface area contributed by atoms with E-state index in [0.29, 0.717) is 6.04 Å². The molecule has 4 atom stereocenters. The standard InChI is InChI=1S/C14H23N3OS/c1-9-5-6-11(14(16)18)8-17(9)13(10(2)15)12-4-3-7-19-12/h3-4,7,9-11,13H,5-6,8,15H2,1-2H3,(H2,16,18). The lowest BCUT2D eigenvalue weighted by atomic mass is 9.90. The average molecular weight is 281 g/mol. The van der Waals surface area contributed by atoms with Crippen molar-refractivity contribution in [3.05, 3.63) is 22.4 Å².